The molecule has 2 fully saturated rings. The number of hydrogen-bond donors (Lipinski definition) is 0. The van der Waals surface area contributed by atoms with E-state index in [0.29, 0.717) is 32.5 Å². The van der Waals surface area contributed by atoms with Gasteiger partial charge in [0.15, 0.2) is 5.79 Å². The van der Waals surface area contributed by atoms with Crippen LogP contribution in [0.2, 0.25) is 0 Å². The molecule has 23 heavy (non-hydrogen) atoms. The maximum Gasteiger partial charge on any atom is 0.302 e. The quantitative estimate of drug-likeness (QED) is 0.448. The molecule has 1 aliphatic heterocycles. The van der Waals surface area contributed by atoms with Crippen molar-refractivity contribution in [3.05, 3.63) is 23.8 Å². The lowest BCUT2D eigenvalue weighted by molar-refractivity contribution is -0.183. The monoisotopic (exact) mass is 316 g/mol. The minimum atomic E-state index is -0.665. The third-order valence-electron chi connectivity index (χ3n) is 4.41. The first-order chi connectivity index (χ1) is 11.0. The standard InChI is InChI=1S/C17H20N2O4/c1-3-13(11-21-12(2)20)16-8-17(22-6-7-23-17)5-4-15(16)14(9-18)10-19/h3,13,16H,1,4-8,11H2,2H3. The van der Waals surface area contributed by atoms with E-state index in [1.54, 1.807) is 6.08 Å². The molecule has 122 valence electrons. The predicted octanol–water partition coefficient (Wildman–Crippen LogP) is 2.24. The summed E-state index contributed by atoms with van der Waals surface area (Å²) in [5.41, 5.74) is 0.897. The lowest BCUT2D eigenvalue weighted by Crippen LogP contribution is -2.40. The van der Waals surface area contributed by atoms with Crippen LogP contribution in [0.4, 0.5) is 0 Å². The Morgan fingerprint density at radius 2 is 2.13 bits per heavy atom. The number of esters is 1. The van der Waals surface area contributed by atoms with Crippen molar-refractivity contribution < 1.29 is 19.0 Å². The Labute approximate surface area is 135 Å². The summed E-state index contributed by atoms with van der Waals surface area (Å²) in [5, 5.41) is 18.4. The maximum atomic E-state index is 11.1. The van der Waals surface area contributed by atoms with Gasteiger partial charge in [0, 0.05) is 25.7 Å². The molecule has 2 aliphatic rings. The Bertz CT molecular complexity index is 575. The fraction of sp³-hybridized carbons (Fsp3) is 0.588. The van der Waals surface area contributed by atoms with Crippen molar-refractivity contribution in [2.24, 2.45) is 11.8 Å². The number of carbonyl (C=O) groups is 1. The van der Waals surface area contributed by atoms with Crippen LogP contribution >= 0.6 is 0 Å². The average molecular weight is 316 g/mol. The van der Waals surface area contributed by atoms with Gasteiger partial charge in [-0.15, -0.1) is 6.58 Å². The van der Waals surface area contributed by atoms with Gasteiger partial charge in [0.25, 0.3) is 0 Å². The van der Waals surface area contributed by atoms with Crippen LogP contribution in [0.25, 0.3) is 0 Å². The lowest BCUT2D eigenvalue weighted by atomic mass is 9.72. The number of allylic oxidation sites excluding steroid dienone is 2. The molecular formula is C17H20N2O4. The molecule has 1 spiro atoms. The summed E-state index contributed by atoms with van der Waals surface area (Å²) >= 11 is 0. The zero-order chi connectivity index (χ0) is 16.9. The lowest BCUT2D eigenvalue weighted by Gasteiger charge is -2.40. The molecule has 1 aliphatic carbocycles. The van der Waals surface area contributed by atoms with Gasteiger partial charge in [-0.05, 0) is 17.9 Å². The van der Waals surface area contributed by atoms with E-state index >= 15 is 0 Å². The first-order valence-electron chi connectivity index (χ1n) is 7.62. The van der Waals surface area contributed by atoms with Gasteiger partial charge in [0.05, 0.1) is 19.8 Å². The van der Waals surface area contributed by atoms with Gasteiger partial charge >= 0.3 is 5.97 Å². The van der Waals surface area contributed by atoms with Gasteiger partial charge < -0.3 is 14.2 Å². The Balaban J connectivity index is 2.31. The van der Waals surface area contributed by atoms with Crippen molar-refractivity contribution in [1.82, 2.24) is 0 Å². The molecule has 0 radical (unpaired) electrons. The molecule has 2 rings (SSSR count). The van der Waals surface area contributed by atoms with Gasteiger partial charge in [-0.1, -0.05) is 6.08 Å². The first-order valence-corrected chi connectivity index (χ1v) is 7.62. The molecule has 6 heteroatoms. The summed E-state index contributed by atoms with van der Waals surface area (Å²) in [5.74, 6) is -1.41. The van der Waals surface area contributed by atoms with E-state index in [-0.39, 0.29) is 30.0 Å². The number of hydrogen-bond acceptors (Lipinski definition) is 6. The molecule has 2 unspecified atom stereocenters. The second-order valence-corrected chi connectivity index (χ2v) is 5.74. The van der Waals surface area contributed by atoms with E-state index < -0.39 is 5.79 Å². The highest BCUT2D eigenvalue weighted by atomic mass is 16.7. The summed E-state index contributed by atoms with van der Waals surface area (Å²) in [4.78, 5) is 11.1. The van der Waals surface area contributed by atoms with Crippen LogP contribution in [0, 0.1) is 34.5 Å². The predicted molar refractivity (Wildman–Crippen MR) is 80.5 cm³/mol. The van der Waals surface area contributed by atoms with E-state index in [1.807, 2.05) is 12.1 Å². The van der Waals surface area contributed by atoms with Gasteiger partial charge in [-0.25, -0.2) is 0 Å². The molecule has 0 amide bonds. The molecule has 2 atom stereocenters. The van der Waals surface area contributed by atoms with E-state index in [1.165, 1.54) is 6.92 Å². The average Bonchev–Trinajstić information content (AvgIpc) is 2.99. The molecule has 1 saturated carbocycles. The fourth-order valence-corrected chi connectivity index (χ4v) is 3.28. The van der Waals surface area contributed by atoms with Gasteiger partial charge in [-0.2, -0.15) is 10.5 Å². The number of nitriles is 2. The summed E-state index contributed by atoms with van der Waals surface area (Å²) in [6.45, 7) is 6.40. The highest BCUT2D eigenvalue weighted by molar-refractivity contribution is 5.65. The molecule has 1 heterocycles. The van der Waals surface area contributed by atoms with Crippen LogP contribution in [-0.4, -0.2) is 31.6 Å². The largest absolute Gasteiger partial charge is 0.465 e. The number of carbonyl (C=O) groups excluding carboxylic acids is 1. The summed E-state index contributed by atoms with van der Waals surface area (Å²) in [6, 6.07) is 3.94. The van der Waals surface area contributed by atoms with Crippen LogP contribution in [0.1, 0.15) is 26.2 Å². The third-order valence-corrected chi connectivity index (χ3v) is 4.41. The molecule has 0 aromatic rings. The third kappa shape index (κ3) is 3.79. The van der Waals surface area contributed by atoms with Crippen LogP contribution in [0.15, 0.2) is 23.8 Å². The highest BCUT2D eigenvalue weighted by Gasteiger charge is 2.45. The SMILES string of the molecule is C=CC(COC(C)=O)C1CC2(CCC1=C(C#N)C#N)OCCO2. The number of ether oxygens (including phenoxy) is 3. The van der Waals surface area contributed by atoms with E-state index in [2.05, 4.69) is 6.58 Å². The van der Waals surface area contributed by atoms with E-state index in [4.69, 9.17) is 14.2 Å². The van der Waals surface area contributed by atoms with Crippen LogP contribution in [0.5, 0.6) is 0 Å². The zero-order valence-corrected chi connectivity index (χ0v) is 13.2. The Kier molecular flexibility index (Phi) is 5.54. The molecule has 6 nitrogen and oxygen atoms in total. The van der Waals surface area contributed by atoms with Gasteiger partial charge in [-0.3, -0.25) is 4.79 Å². The van der Waals surface area contributed by atoms with Crippen molar-refractivity contribution in [3.8, 4) is 12.1 Å². The number of nitrogens with zero attached hydrogens (tertiary/aromatic N) is 2. The molecule has 0 aromatic carbocycles. The van der Waals surface area contributed by atoms with E-state index in [9.17, 15) is 15.3 Å². The molecule has 1 saturated heterocycles. The smallest absolute Gasteiger partial charge is 0.302 e. The minimum Gasteiger partial charge on any atom is -0.465 e. The molecule has 0 N–H and O–H groups in total. The van der Waals surface area contributed by atoms with Crippen molar-refractivity contribution in [2.75, 3.05) is 19.8 Å². The second-order valence-electron chi connectivity index (χ2n) is 5.74. The topological polar surface area (TPSA) is 92.3 Å². The number of rotatable bonds is 4. The highest BCUT2D eigenvalue weighted by Crippen LogP contribution is 2.45. The summed E-state index contributed by atoms with van der Waals surface area (Å²) < 4.78 is 16.7. The maximum absolute atomic E-state index is 11.1. The molecule has 0 bridgehead atoms. The first kappa shape index (κ1) is 17.2. The van der Waals surface area contributed by atoms with E-state index in [0.717, 1.165) is 5.57 Å². The zero-order valence-electron chi connectivity index (χ0n) is 13.2. The summed E-state index contributed by atoms with van der Waals surface area (Å²) in [7, 11) is 0. The van der Waals surface area contributed by atoms with Crippen LogP contribution < -0.4 is 0 Å². The van der Waals surface area contributed by atoms with Crippen LogP contribution in [0.3, 0.4) is 0 Å². The van der Waals surface area contributed by atoms with Crippen LogP contribution in [-0.2, 0) is 19.0 Å². The Hall–Kier alpha value is -2.15. The van der Waals surface area contributed by atoms with Crippen molar-refractivity contribution >= 4 is 5.97 Å². The fourth-order valence-electron chi connectivity index (χ4n) is 3.28. The van der Waals surface area contributed by atoms with Gasteiger partial charge in [0.2, 0.25) is 0 Å². The van der Waals surface area contributed by atoms with Crippen molar-refractivity contribution in [3.63, 3.8) is 0 Å². The Morgan fingerprint density at radius 1 is 1.48 bits per heavy atom. The Morgan fingerprint density at radius 3 is 2.65 bits per heavy atom. The minimum absolute atomic E-state index is 0.123. The van der Waals surface area contributed by atoms with Crippen molar-refractivity contribution in [1.29, 1.82) is 10.5 Å². The normalized spacial score (nSPS) is 23.6. The van der Waals surface area contributed by atoms with Crippen molar-refractivity contribution in [2.45, 2.75) is 32.0 Å². The molecular weight excluding hydrogens is 296 g/mol. The summed E-state index contributed by atoms with van der Waals surface area (Å²) in [6.07, 6.45) is 3.38. The molecule has 0 aromatic heterocycles. The van der Waals surface area contributed by atoms with Gasteiger partial charge in [0.1, 0.15) is 17.7 Å². The second kappa shape index (κ2) is 7.41.